The van der Waals surface area contributed by atoms with Crippen molar-refractivity contribution in [2.45, 2.75) is 6.04 Å². The van der Waals surface area contributed by atoms with Crippen LogP contribution in [-0.2, 0) is 9.59 Å². The van der Waals surface area contributed by atoms with E-state index in [0.29, 0.717) is 17.0 Å². The first kappa shape index (κ1) is 17.0. The summed E-state index contributed by atoms with van der Waals surface area (Å²) in [6.07, 6.45) is 0.630. The number of carbonyl (C=O) groups excluding carboxylic acids is 2. The van der Waals surface area contributed by atoms with Gasteiger partial charge in [0.2, 0.25) is 6.41 Å². The summed E-state index contributed by atoms with van der Waals surface area (Å²) < 4.78 is 0. The molecule has 8 heteroatoms. The van der Waals surface area contributed by atoms with E-state index in [4.69, 9.17) is 23.1 Å². The summed E-state index contributed by atoms with van der Waals surface area (Å²) in [4.78, 5) is 28.6. The molecule has 0 fully saturated rings. The average molecular weight is 337 g/mol. The number of amides is 2. The third-order valence-electron chi connectivity index (χ3n) is 3.44. The third-order valence-corrected chi connectivity index (χ3v) is 3.67. The van der Waals surface area contributed by atoms with Crippen LogP contribution in [0, 0.1) is 0 Å². The molecular weight excluding hydrogens is 320 g/mol. The second-order valence-electron chi connectivity index (χ2n) is 5.11. The normalized spacial score (nSPS) is 19.0. The molecule has 0 aromatic heterocycles. The minimum Gasteiger partial charge on any atom is -0.398 e. The van der Waals surface area contributed by atoms with E-state index in [9.17, 15) is 14.7 Å². The van der Waals surface area contributed by atoms with Crippen LogP contribution in [0.2, 0.25) is 5.02 Å². The Balaban J connectivity index is 2.53. The highest BCUT2D eigenvalue weighted by Gasteiger charge is 2.26. The van der Waals surface area contributed by atoms with Gasteiger partial charge in [0, 0.05) is 11.6 Å². The van der Waals surface area contributed by atoms with Gasteiger partial charge in [0.05, 0.1) is 36.2 Å². The Morgan fingerprint density at radius 2 is 2.22 bits per heavy atom. The standard InChI is InChI=1S/C15H17ClN4O3/c16-10-3-1-2-9(4-10)14(17)13(15(18)23)12-6-20(8-22)5-11(7-21)19-12/h1-4,8,11,21H,5-7,17H2,(H2,18,23). The first-order valence-corrected chi connectivity index (χ1v) is 7.26. The van der Waals surface area contributed by atoms with E-state index in [2.05, 4.69) is 4.99 Å². The second kappa shape index (κ2) is 7.26. The number of nitrogens with zero attached hydrogens (tertiary/aromatic N) is 2. The van der Waals surface area contributed by atoms with Gasteiger partial charge in [-0.1, -0.05) is 23.7 Å². The van der Waals surface area contributed by atoms with Gasteiger partial charge in [-0.3, -0.25) is 14.6 Å². The molecule has 5 N–H and O–H groups in total. The van der Waals surface area contributed by atoms with E-state index in [0.717, 1.165) is 0 Å². The molecule has 1 aliphatic heterocycles. The fourth-order valence-corrected chi connectivity index (χ4v) is 2.57. The zero-order valence-electron chi connectivity index (χ0n) is 12.3. The lowest BCUT2D eigenvalue weighted by atomic mass is 10.00. The number of primary amides is 1. The maximum atomic E-state index is 11.9. The molecule has 0 saturated heterocycles. The lowest BCUT2D eigenvalue weighted by Crippen LogP contribution is -2.44. The summed E-state index contributed by atoms with van der Waals surface area (Å²) in [5, 5.41) is 9.76. The van der Waals surface area contributed by atoms with Crippen LogP contribution in [0.4, 0.5) is 0 Å². The highest BCUT2D eigenvalue weighted by atomic mass is 35.5. The summed E-state index contributed by atoms with van der Waals surface area (Å²) in [7, 11) is 0. The topological polar surface area (TPSA) is 122 Å². The Kier molecular flexibility index (Phi) is 5.36. The van der Waals surface area contributed by atoms with Crippen LogP contribution < -0.4 is 11.5 Å². The van der Waals surface area contributed by atoms with E-state index in [1.165, 1.54) is 4.90 Å². The number of rotatable bonds is 5. The monoisotopic (exact) mass is 336 g/mol. The van der Waals surface area contributed by atoms with Crippen molar-refractivity contribution in [2.24, 2.45) is 16.5 Å². The number of aliphatic hydroxyl groups excluding tert-OH is 1. The molecule has 1 heterocycles. The molecule has 122 valence electrons. The lowest BCUT2D eigenvalue weighted by Gasteiger charge is -2.28. The predicted molar refractivity (Wildman–Crippen MR) is 87.7 cm³/mol. The quantitative estimate of drug-likeness (QED) is 0.507. The predicted octanol–water partition coefficient (Wildman–Crippen LogP) is -0.231. The molecule has 23 heavy (non-hydrogen) atoms. The van der Waals surface area contributed by atoms with E-state index >= 15 is 0 Å². The zero-order chi connectivity index (χ0) is 17.0. The molecule has 0 radical (unpaired) electrons. The van der Waals surface area contributed by atoms with Crippen LogP contribution in [0.15, 0.2) is 34.8 Å². The smallest absolute Gasteiger partial charge is 0.252 e. The van der Waals surface area contributed by atoms with Crippen molar-refractivity contribution in [1.29, 1.82) is 0 Å². The number of hydrogen-bond donors (Lipinski definition) is 3. The number of nitrogens with two attached hydrogens (primary N) is 2. The first-order chi connectivity index (χ1) is 11.0. The van der Waals surface area contributed by atoms with Crippen molar-refractivity contribution in [1.82, 2.24) is 4.90 Å². The Morgan fingerprint density at radius 1 is 1.48 bits per heavy atom. The molecule has 2 rings (SSSR count). The second-order valence-corrected chi connectivity index (χ2v) is 5.55. The molecule has 1 atom stereocenters. The number of aliphatic hydroxyl groups is 1. The minimum atomic E-state index is -0.759. The first-order valence-electron chi connectivity index (χ1n) is 6.89. The molecule has 0 saturated carbocycles. The van der Waals surface area contributed by atoms with Crippen molar-refractivity contribution in [2.75, 3.05) is 19.7 Å². The van der Waals surface area contributed by atoms with Gasteiger partial charge in [0.15, 0.2) is 0 Å². The summed E-state index contributed by atoms with van der Waals surface area (Å²) in [5.41, 5.74) is 12.5. The zero-order valence-corrected chi connectivity index (χ0v) is 13.0. The maximum Gasteiger partial charge on any atom is 0.252 e. The van der Waals surface area contributed by atoms with Gasteiger partial charge in [-0.15, -0.1) is 0 Å². The molecular formula is C15H17ClN4O3. The number of halogens is 1. The third kappa shape index (κ3) is 3.88. The van der Waals surface area contributed by atoms with E-state index in [1.807, 2.05) is 0 Å². The van der Waals surface area contributed by atoms with Crippen LogP contribution in [0.25, 0.3) is 5.70 Å². The Morgan fingerprint density at radius 3 is 2.78 bits per heavy atom. The number of carbonyl (C=O) groups is 2. The number of hydrogen-bond acceptors (Lipinski definition) is 5. The Bertz CT molecular complexity index is 687. The molecule has 1 aromatic carbocycles. The van der Waals surface area contributed by atoms with E-state index < -0.39 is 11.9 Å². The molecule has 0 aliphatic carbocycles. The van der Waals surface area contributed by atoms with Crippen molar-refractivity contribution in [3.05, 3.63) is 40.4 Å². The van der Waals surface area contributed by atoms with Gasteiger partial charge in [0.1, 0.15) is 0 Å². The largest absolute Gasteiger partial charge is 0.398 e. The van der Waals surface area contributed by atoms with Crippen molar-refractivity contribution in [3.8, 4) is 0 Å². The van der Waals surface area contributed by atoms with E-state index in [1.54, 1.807) is 24.3 Å². The van der Waals surface area contributed by atoms with Crippen LogP contribution in [0.1, 0.15) is 5.56 Å². The van der Waals surface area contributed by atoms with Gasteiger partial charge in [0.25, 0.3) is 5.91 Å². The highest BCUT2D eigenvalue weighted by Crippen LogP contribution is 2.20. The SMILES string of the molecule is NC(=O)C(C1=NC(CO)CN(C=O)C1)=C(N)c1cccc(Cl)c1. The Labute approximate surface area is 138 Å². The van der Waals surface area contributed by atoms with Gasteiger partial charge in [-0.05, 0) is 17.7 Å². The van der Waals surface area contributed by atoms with Crippen LogP contribution in [0.3, 0.4) is 0 Å². The van der Waals surface area contributed by atoms with Gasteiger partial charge in [-0.25, -0.2) is 0 Å². The molecule has 2 amide bonds. The fourth-order valence-electron chi connectivity index (χ4n) is 2.38. The average Bonchev–Trinajstić information content (AvgIpc) is 2.54. The van der Waals surface area contributed by atoms with Crippen LogP contribution >= 0.6 is 11.6 Å². The number of benzene rings is 1. The maximum absolute atomic E-state index is 11.9. The molecule has 1 aliphatic rings. The highest BCUT2D eigenvalue weighted by molar-refractivity contribution is 6.31. The van der Waals surface area contributed by atoms with Crippen molar-refractivity contribution >= 4 is 35.3 Å². The summed E-state index contributed by atoms with van der Waals surface area (Å²) in [5.74, 6) is -0.759. The van der Waals surface area contributed by atoms with Gasteiger partial charge >= 0.3 is 0 Å². The van der Waals surface area contributed by atoms with Crippen LogP contribution in [-0.4, -0.2) is 53.8 Å². The van der Waals surface area contributed by atoms with Crippen molar-refractivity contribution < 1.29 is 14.7 Å². The fraction of sp³-hybridized carbons (Fsp3) is 0.267. The molecule has 1 unspecified atom stereocenters. The minimum absolute atomic E-state index is 0.0252. The van der Waals surface area contributed by atoms with Gasteiger partial charge in [-0.2, -0.15) is 0 Å². The number of aliphatic imine (C=N–C) groups is 1. The van der Waals surface area contributed by atoms with Crippen molar-refractivity contribution in [3.63, 3.8) is 0 Å². The summed E-state index contributed by atoms with van der Waals surface area (Å²) >= 11 is 5.94. The molecule has 1 aromatic rings. The summed E-state index contributed by atoms with van der Waals surface area (Å²) in [6.45, 7) is 0.114. The molecule has 7 nitrogen and oxygen atoms in total. The summed E-state index contributed by atoms with van der Waals surface area (Å²) in [6, 6.07) is 6.14. The van der Waals surface area contributed by atoms with Crippen LogP contribution in [0.5, 0.6) is 0 Å². The molecule has 0 bridgehead atoms. The molecule has 0 spiro atoms. The van der Waals surface area contributed by atoms with E-state index in [-0.39, 0.29) is 36.7 Å². The Hall–Kier alpha value is -2.38. The van der Waals surface area contributed by atoms with Gasteiger partial charge < -0.3 is 21.5 Å². The lowest BCUT2D eigenvalue weighted by molar-refractivity contribution is -0.118.